The standard InChI is InChI=1S/C9H8FNO2S/c10-4-5-14(12,13)9-3-1-2-8(6-9)7-11/h1-3,6H,4-5H2. The first-order chi connectivity index (χ1) is 6.60. The topological polar surface area (TPSA) is 57.9 Å². The first kappa shape index (κ1) is 10.7. The third kappa shape index (κ3) is 2.30. The lowest BCUT2D eigenvalue weighted by Crippen LogP contribution is -2.08. The van der Waals surface area contributed by atoms with Crippen molar-refractivity contribution in [1.29, 1.82) is 5.26 Å². The maximum absolute atomic E-state index is 11.9. The van der Waals surface area contributed by atoms with Gasteiger partial charge in [0.05, 0.1) is 22.3 Å². The number of benzene rings is 1. The smallest absolute Gasteiger partial charge is 0.180 e. The maximum Gasteiger partial charge on any atom is 0.180 e. The Balaban J connectivity index is 3.15. The molecule has 5 heteroatoms. The monoisotopic (exact) mass is 213 g/mol. The van der Waals surface area contributed by atoms with Crippen LogP contribution in [0.5, 0.6) is 0 Å². The van der Waals surface area contributed by atoms with Crippen molar-refractivity contribution in [2.45, 2.75) is 4.90 Å². The van der Waals surface area contributed by atoms with E-state index in [4.69, 9.17) is 5.26 Å². The molecule has 74 valence electrons. The molecule has 1 rings (SSSR count). The fraction of sp³-hybridized carbons (Fsp3) is 0.222. The van der Waals surface area contributed by atoms with Gasteiger partial charge in [0.1, 0.15) is 6.67 Å². The van der Waals surface area contributed by atoms with Crippen molar-refractivity contribution < 1.29 is 12.8 Å². The minimum atomic E-state index is -3.57. The molecule has 1 aromatic rings. The van der Waals surface area contributed by atoms with E-state index in [2.05, 4.69) is 0 Å². The summed E-state index contributed by atoms with van der Waals surface area (Å²) in [5.41, 5.74) is 0.255. The summed E-state index contributed by atoms with van der Waals surface area (Å²) in [5, 5.41) is 8.54. The van der Waals surface area contributed by atoms with E-state index in [9.17, 15) is 12.8 Å². The molecule has 14 heavy (non-hydrogen) atoms. The van der Waals surface area contributed by atoms with Crippen LogP contribution in [0.3, 0.4) is 0 Å². The largest absolute Gasteiger partial charge is 0.250 e. The minimum Gasteiger partial charge on any atom is -0.250 e. The van der Waals surface area contributed by atoms with E-state index in [0.29, 0.717) is 0 Å². The molecule has 1 aromatic carbocycles. The van der Waals surface area contributed by atoms with Gasteiger partial charge in [0, 0.05) is 0 Å². The van der Waals surface area contributed by atoms with Crippen LogP contribution < -0.4 is 0 Å². The third-order valence-corrected chi connectivity index (χ3v) is 3.33. The number of hydrogen-bond acceptors (Lipinski definition) is 3. The molecule has 0 bridgehead atoms. The summed E-state index contributed by atoms with van der Waals surface area (Å²) in [6.07, 6.45) is 0. The molecular formula is C9H8FNO2S. The summed E-state index contributed by atoms with van der Waals surface area (Å²) >= 11 is 0. The number of nitrogens with zero attached hydrogens (tertiary/aromatic N) is 1. The van der Waals surface area contributed by atoms with Gasteiger partial charge in [-0.05, 0) is 18.2 Å². The van der Waals surface area contributed by atoms with Crippen molar-refractivity contribution in [1.82, 2.24) is 0 Å². The highest BCUT2D eigenvalue weighted by atomic mass is 32.2. The molecule has 0 saturated heterocycles. The van der Waals surface area contributed by atoms with Crippen molar-refractivity contribution in [2.24, 2.45) is 0 Å². The van der Waals surface area contributed by atoms with Crippen molar-refractivity contribution in [3.05, 3.63) is 29.8 Å². The lowest BCUT2D eigenvalue weighted by molar-refractivity contribution is 0.517. The summed E-state index contributed by atoms with van der Waals surface area (Å²) in [6.45, 7) is -0.918. The Morgan fingerprint density at radius 1 is 1.43 bits per heavy atom. The summed E-state index contributed by atoms with van der Waals surface area (Å²) in [5.74, 6) is -0.540. The van der Waals surface area contributed by atoms with Crippen LogP contribution in [0.15, 0.2) is 29.2 Å². The minimum absolute atomic E-state index is 0.00537. The lowest BCUT2D eigenvalue weighted by atomic mass is 10.2. The normalized spacial score (nSPS) is 10.9. The summed E-state index contributed by atoms with van der Waals surface area (Å²) in [4.78, 5) is -0.00537. The molecule has 0 aliphatic carbocycles. The predicted molar refractivity (Wildman–Crippen MR) is 49.2 cm³/mol. The average Bonchev–Trinajstić information content (AvgIpc) is 2.18. The van der Waals surface area contributed by atoms with Crippen molar-refractivity contribution >= 4 is 9.84 Å². The highest BCUT2D eigenvalue weighted by molar-refractivity contribution is 7.91. The summed E-state index contributed by atoms with van der Waals surface area (Å²) < 4.78 is 34.6. The van der Waals surface area contributed by atoms with Gasteiger partial charge in [-0.2, -0.15) is 5.26 Å². The Hall–Kier alpha value is -1.41. The first-order valence-corrected chi connectivity index (χ1v) is 5.54. The lowest BCUT2D eigenvalue weighted by Gasteiger charge is -2.01. The van der Waals surface area contributed by atoms with Crippen LogP contribution in [0.2, 0.25) is 0 Å². The van der Waals surface area contributed by atoms with Crippen LogP contribution in [0.4, 0.5) is 4.39 Å². The van der Waals surface area contributed by atoms with Gasteiger partial charge in [0.2, 0.25) is 0 Å². The number of alkyl halides is 1. The Morgan fingerprint density at radius 3 is 2.71 bits per heavy atom. The molecule has 0 amide bonds. The molecule has 3 nitrogen and oxygen atoms in total. The van der Waals surface area contributed by atoms with Gasteiger partial charge in [0.15, 0.2) is 9.84 Å². The molecular weight excluding hydrogens is 205 g/mol. The summed E-state index contributed by atoms with van der Waals surface area (Å²) in [6, 6.07) is 7.37. The Morgan fingerprint density at radius 2 is 2.14 bits per heavy atom. The van der Waals surface area contributed by atoms with Crippen LogP contribution in [-0.4, -0.2) is 20.8 Å². The van der Waals surface area contributed by atoms with Gasteiger partial charge in [0.25, 0.3) is 0 Å². The second-order valence-corrected chi connectivity index (χ2v) is 4.76. The third-order valence-electron chi connectivity index (χ3n) is 1.67. The van der Waals surface area contributed by atoms with Crippen molar-refractivity contribution in [3.63, 3.8) is 0 Å². The molecule has 0 heterocycles. The van der Waals surface area contributed by atoms with Crippen molar-refractivity contribution in [2.75, 3.05) is 12.4 Å². The molecule has 0 aliphatic rings. The molecule has 0 aliphatic heterocycles. The van der Waals surface area contributed by atoms with Crippen LogP contribution >= 0.6 is 0 Å². The SMILES string of the molecule is N#Cc1cccc(S(=O)(=O)CCF)c1. The molecule has 0 aromatic heterocycles. The second kappa shape index (κ2) is 4.20. The number of sulfone groups is 1. The second-order valence-electron chi connectivity index (χ2n) is 2.65. The fourth-order valence-electron chi connectivity index (χ4n) is 0.979. The van der Waals surface area contributed by atoms with E-state index in [1.807, 2.05) is 6.07 Å². The van der Waals surface area contributed by atoms with Gasteiger partial charge in [-0.1, -0.05) is 6.07 Å². The van der Waals surface area contributed by atoms with Gasteiger partial charge in [-0.3, -0.25) is 0 Å². The van der Waals surface area contributed by atoms with Gasteiger partial charge < -0.3 is 0 Å². The number of nitriles is 1. The van der Waals surface area contributed by atoms with Gasteiger partial charge in [-0.15, -0.1) is 0 Å². The van der Waals surface area contributed by atoms with E-state index in [0.717, 1.165) is 0 Å². The molecule has 0 unspecified atom stereocenters. The Kier molecular flexibility index (Phi) is 3.20. The zero-order chi connectivity index (χ0) is 10.6. The average molecular weight is 213 g/mol. The quantitative estimate of drug-likeness (QED) is 0.760. The zero-order valence-corrected chi connectivity index (χ0v) is 8.09. The molecule has 0 N–H and O–H groups in total. The van der Waals surface area contributed by atoms with Gasteiger partial charge in [-0.25, -0.2) is 12.8 Å². The fourth-order valence-corrected chi connectivity index (χ4v) is 2.01. The predicted octanol–water partition coefficient (Wildman–Crippen LogP) is 1.30. The first-order valence-electron chi connectivity index (χ1n) is 3.89. The number of hydrogen-bond donors (Lipinski definition) is 0. The summed E-state index contributed by atoms with van der Waals surface area (Å²) in [7, 11) is -3.57. The van der Waals surface area contributed by atoms with E-state index in [1.54, 1.807) is 0 Å². The molecule has 0 atom stereocenters. The highest BCUT2D eigenvalue weighted by Crippen LogP contribution is 2.12. The van der Waals surface area contributed by atoms with Crippen LogP contribution in [0.25, 0.3) is 0 Å². The van der Waals surface area contributed by atoms with Gasteiger partial charge >= 0.3 is 0 Å². The highest BCUT2D eigenvalue weighted by Gasteiger charge is 2.13. The maximum atomic E-state index is 11.9. The van der Waals surface area contributed by atoms with Crippen LogP contribution in [-0.2, 0) is 9.84 Å². The Bertz CT molecular complexity index is 462. The zero-order valence-electron chi connectivity index (χ0n) is 7.27. The number of rotatable bonds is 3. The Labute approximate surface area is 81.7 Å². The number of halogens is 1. The van der Waals surface area contributed by atoms with E-state index in [1.165, 1.54) is 24.3 Å². The molecule has 0 radical (unpaired) electrons. The van der Waals surface area contributed by atoms with Crippen molar-refractivity contribution in [3.8, 4) is 6.07 Å². The van der Waals surface area contributed by atoms with Crippen LogP contribution in [0.1, 0.15) is 5.56 Å². The van der Waals surface area contributed by atoms with E-state index in [-0.39, 0.29) is 10.5 Å². The molecule has 0 fully saturated rings. The van der Waals surface area contributed by atoms with E-state index < -0.39 is 22.3 Å². The van der Waals surface area contributed by atoms with E-state index >= 15 is 0 Å². The molecule has 0 spiro atoms. The molecule has 0 saturated carbocycles. The van der Waals surface area contributed by atoms with Crippen LogP contribution in [0, 0.1) is 11.3 Å².